The van der Waals surface area contributed by atoms with Crippen molar-refractivity contribution in [3.8, 4) is 0 Å². The Hall–Kier alpha value is -1.31. The van der Waals surface area contributed by atoms with Crippen molar-refractivity contribution in [2.24, 2.45) is 0 Å². The first-order valence-electron chi connectivity index (χ1n) is 6.01. The van der Waals surface area contributed by atoms with E-state index in [1.54, 1.807) is 0 Å². The van der Waals surface area contributed by atoms with Crippen LogP contribution in [0.4, 0.5) is 0 Å². The summed E-state index contributed by atoms with van der Waals surface area (Å²) in [5, 5.41) is 0. The van der Waals surface area contributed by atoms with E-state index in [0.717, 1.165) is 13.1 Å². The van der Waals surface area contributed by atoms with Crippen LogP contribution in [0.2, 0.25) is 0 Å². The first-order valence-corrected chi connectivity index (χ1v) is 6.01. The monoisotopic (exact) mass is 219 g/mol. The molecule has 1 aromatic rings. The second-order valence-corrected chi connectivity index (χ2v) is 4.08. The lowest BCUT2D eigenvalue weighted by molar-refractivity contribution is -0.131. The third kappa shape index (κ3) is 3.37. The maximum Gasteiger partial charge on any atom is 0.223 e. The number of hydrogen-bond acceptors (Lipinski definition) is 1. The second kappa shape index (κ2) is 6.31. The molecule has 1 rings (SSSR count). The molecule has 0 fully saturated rings. The first-order chi connectivity index (χ1) is 7.69. The SMILES string of the molecule is CCN(CC)C(=O)C[C@H](C)c1ccccc1. The minimum absolute atomic E-state index is 0.251. The van der Waals surface area contributed by atoms with Crippen LogP contribution in [0.15, 0.2) is 30.3 Å². The zero-order valence-electron chi connectivity index (χ0n) is 10.4. The van der Waals surface area contributed by atoms with E-state index in [2.05, 4.69) is 19.1 Å². The van der Waals surface area contributed by atoms with Gasteiger partial charge in [-0.1, -0.05) is 37.3 Å². The van der Waals surface area contributed by atoms with Crippen LogP contribution >= 0.6 is 0 Å². The van der Waals surface area contributed by atoms with Gasteiger partial charge < -0.3 is 4.90 Å². The smallest absolute Gasteiger partial charge is 0.223 e. The number of amides is 1. The van der Waals surface area contributed by atoms with Gasteiger partial charge in [-0.15, -0.1) is 0 Å². The van der Waals surface area contributed by atoms with Crippen LogP contribution in [0.1, 0.15) is 38.7 Å². The lowest BCUT2D eigenvalue weighted by atomic mass is 9.97. The Bertz CT molecular complexity index is 317. The Balaban J connectivity index is 2.58. The number of benzene rings is 1. The van der Waals surface area contributed by atoms with Gasteiger partial charge in [0.25, 0.3) is 0 Å². The highest BCUT2D eigenvalue weighted by Gasteiger charge is 2.14. The zero-order chi connectivity index (χ0) is 12.0. The van der Waals surface area contributed by atoms with Crippen LogP contribution in [0.3, 0.4) is 0 Å². The lowest BCUT2D eigenvalue weighted by Crippen LogP contribution is -2.31. The van der Waals surface area contributed by atoms with Crippen LogP contribution in [0.5, 0.6) is 0 Å². The summed E-state index contributed by atoms with van der Waals surface area (Å²) in [6.07, 6.45) is 0.603. The molecule has 16 heavy (non-hydrogen) atoms. The maximum atomic E-state index is 11.9. The molecule has 0 aliphatic carbocycles. The van der Waals surface area contributed by atoms with Crippen LogP contribution in [0, 0.1) is 0 Å². The molecule has 0 radical (unpaired) electrons. The van der Waals surface area contributed by atoms with E-state index in [0.29, 0.717) is 12.3 Å². The van der Waals surface area contributed by atoms with Crippen molar-refractivity contribution in [3.63, 3.8) is 0 Å². The third-order valence-electron chi connectivity index (χ3n) is 2.97. The van der Waals surface area contributed by atoms with Crippen molar-refractivity contribution in [3.05, 3.63) is 35.9 Å². The van der Waals surface area contributed by atoms with Gasteiger partial charge in [0.05, 0.1) is 0 Å². The lowest BCUT2D eigenvalue weighted by Gasteiger charge is -2.21. The molecular weight excluding hydrogens is 198 g/mol. The number of carbonyl (C=O) groups excluding carboxylic acids is 1. The summed E-state index contributed by atoms with van der Waals surface area (Å²) in [5.74, 6) is 0.552. The fraction of sp³-hybridized carbons (Fsp3) is 0.500. The molecule has 1 atom stereocenters. The summed E-state index contributed by atoms with van der Waals surface area (Å²) in [5.41, 5.74) is 1.24. The van der Waals surface area contributed by atoms with Gasteiger partial charge in [-0.2, -0.15) is 0 Å². The molecule has 88 valence electrons. The number of hydrogen-bond donors (Lipinski definition) is 0. The molecule has 2 nitrogen and oxygen atoms in total. The number of nitrogens with zero attached hydrogens (tertiary/aromatic N) is 1. The molecule has 2 heteroatoms. The highest BCUT2D eigenvalue weighted by Crippen LogP contribution is 2.19. The molecule has 0 saturated carbocycles. The standard InChI is InChI=1S/C14H21NO/c1-4-15(5-2)14(16)11-12(3)13-9-7-6-8-10-13/h6-10,12H,4-5,11H2,1-3H3/t12-/m0/s1. The maximum absolute atomic E-state index is 11.9. The van der Waals surface area contributed by atoms with E-state index in [9.17, 15) is 4.79 Å². The summed E-state index contributed by atoms with van der Waals surface area (Å²) in [6.45, 7) is 7.76. The van der Waals surface area contributed by atoms with Crippen LogP contribution < -0.4 is 0 Å². The average Bonchev–Trinajstić information content (AvgIpc) is 2.31. The molecule has 0 aromatic heterocycles. The first kappa shape index (κ1) is 12.8. The van der Waals surface area contributed by atoms with Gasteiger partial charge in [-0.3, -0.25) is 4.79 Å². The summed E-state index contributed by atoms with van der Waals surface area (Å²) < 4.78 is 0. The van der Waals surface area contributed by atoms with Crippen molar-refractivity contribution >= 4 is 5.91 Å². The molecule has 0 N–H and O–H groups in total. The van der Waals surface area contributed by atoms with E-state index in [1.807, 2.05) is 36.9 Å². The minimum atomic E-state index is 0.251. The topological polar surface area (TPSA) is 20.3 Å². The largest absolute Gasteiger partial charge is 0.343 e. The quantitative estimate of drug-likeness (QED) is 0.745. The predicted octanol–water partition coefficient (Wildman–Crippen LogP) is 3.05. The molecule has 0 spiro atoms. The van der Waals surface area contributed by atoms with Gasteiger partial charge in [0, 0.05) is 19.5 Å². The molecule has 0 bridgehead atoms. The van der Waals surface area contributed by atoms with Gasteiger partial charge in [0.1, 0.15) is 0 Å². The Labute approximate surface area is 98.3 Å². The fourth-order valence-electron chi connectivity index (χ4n) is 1.87. The predicted molar refractivity (Wildman–Crippen MR) is 67.4 cm³/mol. The molecule has 0 unspecified atom stereocenters. The van der Waals surface area contributed by atoms with Gasteiger partial charge in [0.15, 0.2) is 0 Å². The normalized spacial score (nSPS) is 12.2. The van der Waals surface area contributed by atoms with Crippen molar-refractivity contribution in [1.29, 1.82) is 0 Å². The minimum Gasteiger partial charge on any atom is -0.343 e. The van der Waals surface area contributed by atoms with Gasteiger partial charge in [0.2, 0.25) is 5.91 Å². The van der Waals surface area contributed by atoms with Crippen molar-refractivity contribution in [1.82, 2.24) is 4.90 Å². The average molecular weight is 219 g/mol. The van der Waals surface area contributed by atoms with Crippen molar-refractivity contribution < 1.29 is 4.79 Å². The van der Waals surface area contributed by atoms with Gasteiger partial charge in [-0.25, -0.2) is 0 Å². The van der Waals surface area contributed by atoms with E-state index in [4.69, 9.17) is 0 Å². The highest BCUT2D eigenvalue weighted by atomic mass is 16.2. The fourth-order valence-corrected chi connectivity index (χ4v) is 1.87. The van der Waals surface area contributed by atoms with Gasteiger partial charge >= 0.3 is 0 Å². The highest BCUT2D eigenvalue weighted by molar-refractivity contribution is 5.77. The number of rotatable bonds is 5. The molecule has 0 saturated heterocycles. The van der Waals surface area contributed by atoms with Gasteiger partial charge in [-0.05, 0) is 25.3 Å². The summed E-state index contributed by atoms with van der Waals surface area (Å²) >= 11 is 0. The van der Waals surface area contributed by atoms with E-state index in [1.165, 1.54) is 5.56 Å². The Morgan fingerprint density at radius 3 is 2.25 bits per heavy atom. The summed E-state index contributed by atoms with van der Waals surface area (Å²) in [7, 11) is 0. The molecule has 0 heterocycles. The molecule has 1 aromatic carbocycles. The van der Waals surface area contributed by atoms with Crippen LogP contribution in [-0.2, 0) is 4.79 Å². The molecule has 0 aliphatic heterocycles. The Kier molecular flexibility index (Phi) is 5.03. The second-order valence-electron chi connectivity index (χ2n) is 4.08. The molecule has 0 aliphatic rings. The third-order valence-corrected chi connectivity index (χ3v) is 2.97. The summed E-state index contributed by atoms with van der Waals surface area (Å²) in [4.78, 5) is 13.8. The number of carbonyl (C=O) groups is 1. The van der Waals surface area contributed by atoms with Crippen molar-refractivity contribution in [2.75, 3.05) is 13.1 Å². The zero-order valence-corrected chi connectivity index (χ0v) is 10.4. The Morgan fingerprint density at radius 2 is 1.75 bits per heavy atom. The van der Waals surface area contributed by atoms with E-state index < -0.39 is 0 Å². The van der Waals surface area contributed by atoms with Crippen LogP contribution in [0.25, 0.3) is 0 Å². The molecule has 1 amide bonds. The Morgan fingerprint density at radius 1 is 1.19 bits per heavy atom. The van der Waals surface area contributed by atoms with Crippen molar-refractivity contribution in [2.45, 2.75) is 33.1 Å². The van der Waals surface area contributed by atoms with E-state index >= 15 is 0 Å². The van der Waals surface area contributed by atoms with Crippen LogP contribution in [-0.4, -0.2) is 23.9 Å². The molecular formula is C14H21NO. The summed E-state index contributed by atoms with van der Waals surface area (Å²) in [6, 6.07) is 10.2. The van der Waals surface area contributed by atoms with E-state index in [-0.39, 0.29) is 5.91 Å².